The van der Waals surface area contributed by atoms with Gasteiger partial charge in [0.25, 0.3) is 0 Å². The first kappa shape index (κ1) is 13.3. The van der Waals surface area contributed by atoms with Crippen LogP contribution in [0.4, 0.5) is 0 Å². The van der Waals surface area contributed by atoms with Crippen molar-refractivity contribution in [2.75, 3.05) is 20.6 Å². The van der Waals surface area contributed by atoms with E-state index in [2.05, 4.69) is 61.5 Å². The van der Waals surface area contributed by atoms with Crippen molar-refractivity contribution in [2.24, 2.45) is 17.8 Å². The van der Waals surface area contributed by atoms with Crippen molar-refractivity contribution in [1.29, 1.82) is 0 Å². The molecule has 0 spiro atoms. The number of nitrogens with zero attached hydrogens (tertiary/aromatic N) is 1. The van der Waals surface area contributed by atoms with Crippen molar-refractivity contribution < 1.29 is 0 Å². The van der Waals surface area contributed by atoms with Crippen LogP contribution in [-0.2, 0) is 0 Å². The van der Waals surface area contributed by atoms with Gasteiger partial charge in [0.05, 0.1) is 0 Å². The minimum Gasteiger partial charge on any atom is -0.309 e. The van der Waals surface area contributed by atoms with Gasteiger partial charge in [-0.1, -0.05) is 42.5 Å². The highest BCUT2D eigenvalue weighted by molar-refractivity contribution is 5.86. The topological polar surface area (TPSA) is 3.24 Å². The Morgan fingerprint density at radius 1 is 0.952 bits per heavy atom. The first-order chi connectivity index (χ1) is 10.2. The Kier molecular flexibility index (Phi) is 3.26. The van der Waals surface area contributed by atoms with Gasteiger partial charge in [0.2, 0.25) is 0 Å². The normalized spacial score (nSPS) is 31.4. The van der Waals surface area contributed by atoms with Gasteiger partial charge in [-0.3, -0.25) is 0 Å². The summed E-state index contributed by atoms with van der Waals surface area (Å²) >= 11 is 0. The first-order valence-corrected chi connectivity index (χ1v) is 8.36. The van der Waals surface area contributed by atoms with Crippen molar-refractivity contribution >= 4 is 10.8 Å². The van der Waals surface area contributed by atoms with Gasteiger partial charge < -0.3 is 4.90 Å². The molecule has 2 aliphatic rings. The van der Waals surface area contributed by atoms with Crippen LogP contribution in [0.1, 0.15) is 30.7 Å². The Bertz CT molecular complexity index is 640. The molecule has 0 saturated heterocycles. The Morgan fingerprint density at radius 3 is 2.57 bits per heavy atom. The lowest BCUT2D eigenvalue weighted by Gasteiger charge is -2.34. The smallest absolute Gasteiger partial charge is 0.00122 e. The van der Waals surface area contributed by atoms with E-state index in [-0.39, 0.29) is 0 Å². The second-order valence-corrected chi connectivity index (χ2v) is 7.35. The predicted octanol–water partition coefficient (Wildman–Crippen LogP) is 4.53. The molecule has 2 saturated carbocycles. The van der Waals surface area contributed by atoms with Gasteiger partial charge in [-0.25, -0.2) is 0 Å². The minimum atomic E-state index is 0.775. The number of hydrogen-bond donors (Lipinski definition) is 0. The van der Waals surface area contributed by atoms with Gasteiger partial charge in [-0.15, -0.1) is 0 Å². The van der Waals surface area contributed by atoms with Crippen molar-refractivity contribution in [1.82, 2.24) is 4.90 Å². The van der Waals surface area contributed by atoms with E-state index in [9.17, 15) is 0 Å². The SMILES string of the molecule is CN(C)C[C@@H]1C2CCC(C2)[C@@H]1c1cccc2ccccc12. The van der Waals surface area contributed by atoms with Gasteiger partial charge >= 0.3 is 0 Å². The summed E-state index contributed by atoms with van der Waals surface area (Å²) in [6.45, 7) is 1.25. The fourth-order valence-electron chi connectivity index (χ4n) is 5.12. The lowest BCUT2D eigenvalue weighted by molar-refractivity contribution is 0.220. The molecule has 1 nitrogen and oxygen atoms in total. The van der Waals surface area contributed by atoms with E-state index in [1.807, 2.05) is 0 Å². The summed E-state index contributed by atoms with van der Waals surface area (Å²) in [6.07, 6.45) is 4.37. The second kappa shape index (κ2) is 5.14. The van der Waals surface area contributed by atoms with E-state index in [1.165, 1.54) is 36.6 Å². The summed E-state index contributed by atoms with van der Waals surface area (Å²) in [5.74, 6) is 3.51. The standard InChI is InChI=1S/C20H25N/c1-21(2)13-19-15-10-11-16(12-15)20(19)18-9-5-7-14-6-3-4-8-17(14)18/h3-9,15-16,19-20H,10-13H2,1-2H3/t15?,16?,19-,20-/m1/s1. The van der Waals surface area contributed by atoms with Gasteiger partial charge in [0, 0.05) is 6.54 Å². The molecule has 2 aromatic carbocycles. The molecule has 0 radical (unpaired) electrons. The van der Waals surface area contributed by atoms with Crippen LogP contribution in [0.2, 0.25) is 0 Å². The van der Waals surface area contributed by atoms with Crippen molar-refractivity contribution in [3.63, 3.8) is 0 Å². The molecule has 0 heterocycles. The zero-order chi connectivity index (χ0) is 14.4. The molecule has 4 atom stereocenters. The highest BCUT2D eigenvalue weighted by atomic mass is 15.1. The van der Waals surface area contributed by atoms with Crippen LogP contribution in [0.5, 0.6) is 0 Å². The molecule has 1 heteroatoms. The number of rotatable bonds is 3. The van der Waals surface area contributed by atoms with Crippen LogP contribution in [0.3, 0.4) is 0 Å². The maximum absolute atomic E-state index is 2.40. The molecular formula is C20H25N. The van der Waals surface area contributed by atoms with Gasteiger partial charge in [0.15, 0.2) is 0 Å². The fourth-order valence-corrected chi connectivity index (χ4v) is 5.12. The summed E-state index contributed by atoms with van der Waals surface area (Å²) in [7, 11) is 4.46. The van der Waals surface area contributed by atoms with Crippen molar-refractivity contribution in [3.8, 4) is 0 Å². The summed E-state index contributed by atoms with van der Waals surface area (Å²) in [5.41, 5.74) is 1.62. The molecule has 0 aromatic heterocycles. The quantitative estimate of drug-likeness (QED) is 0.798. The van der Waals surface area contributed by atoms with E-state index >= 15 is 0 Å². The second-order valence-electron chi connectivity index (χ2n) is 7.35. The van der Waals surface area contributed by atoms with E-state index in [0.29, 0.717) is 0 Å². The van der Waals surface area contributed by atoms with Gasteiger partial charge in [-0.05, 0) is 73.4 Å². The molecule has 2 fully saturated rings. The highest BCUT2D eigenvalue weighted by Gasteiger charge is 2.48. The van der Waals surface area contributed by atoms with Crippen LogP contribution in [0.25, 0.3) is 10.8 Å². The Balaban J connectivity index is 1.79. The van der Waals surface area contributed by atoms with E-state index in [0.717, 1.165) is 23.7 Å². The molecule has 2 aliphatic carbocycles. The predicted molar refractivity (Wildman–Crippen MR) is 89.6 cm³/mol. The number of benzene rings is 2. The van der Waals surface area contributed by atoms with Crippen LogP contribution >= 0.6 is 0 Å². The molecule has 110 valence electrons. The fraction of sp³-hybridized carbons (Fsp3) is 0.500. The molecule has 0 N–H and O–H groups in total. The lowest BCUT2D eigenvalue weighted by atomic mass is 9.74. The zero-order valence-electron chi connectivity index (χ0n) is 13.1. The maximum atomic E-state index is 2.40. The molecular weight excluding hydrogens is 254 g/mol. The molecule has 2 unspecified atom stereocenters. The third kappa shape index (κ3) is 2.19. The lowest BCUT2D eigenvalue weighted by Crippen LogP contribution is -2.30. The van der Waals surface area contributed by atoms with Crippen molar-refractivity contribution in [3.05, 3.63) is 48.0 Å². The monoisotopic (exact) mass is 279 g/mol. The average Bonchev–Trinajstić information content (AvgIpc) is 3.07. The Morgan fingerprint density at radius 2 is 1.71 bits per heavy atom. The van der Waals surface area contributed by atoms with Crippen molar-refractivity contribution in [2.45, 2.75) is 25.2 Å². The van der Waals surface area contributed by atoms with Crippen LogP contribution in [0.15, 0.2) is 42.5 Å². The van der Waals surface area contributed by atoms with Gasteiger partial charge in [0.1, 0.15) is 0 Å². The van der Waals surface area contributed by atoms with Crippen LogP contribution in [-0.4, -0.2) is 25.5 Å². The van der Waals surface area contributed by atoms with E-state index in [4.69, 9.17) is 0 Å². The zero-order valence-corrected chi connectivity index (χ0v) is 13.1. The Hall–Kier alpha value is -1.34. The van der Waals surface area contributed by atoms with Gasteiger partial charge in [-0.2, -0.15) is 0 Å². The van der Waals surface area contributed by atoms with E-state index < -0.39 is 0 Å². The molecule has 2 aromatic rings. The highest BCUT2D eigenvalue weighted by Crippen LogP contribution is 2.57. The summed E-state index contributed by atoms with van der Waals surface area (Å²) in [5, 5.41) is 2.89. The molecule has 0 aliphatic heterocycles. The minimum absolute atomic E-state index is 0.775. The molecule has 21 heavy (non-hydrogen) atoms. The summed E-state index contributed by atoms with van der Waals surface area (Å²) in [6, 6.07) is 15.8. The Labute approximate surface area is 128 Å². The largest absolute Gasteiger partial charge is 0.309 e. The molecule has 4 rings (SSSR count). The van der Waals surface area contributed by atoms with E-state index in [1.54, 1.807) is 5.56 Å². The third-order valence-electron chi connectivity index (χ3n) is 5.85. The summed E-state index contributed by atoms with van der Waals surface area (Å²) in [4.78, 5) is 2.39. The van der Waals surface area contributed by atoms with Crippen LogP contribution in [0, 0.1) is 17.8 Å². The third-order valence-corrected chi connectivity index (χ3v) is 5.85. The molecule has 2 bridgehead atoms. The number of hydrogen-bond acceptors (Lipinski definition) is 1. The molecule has 0 amide bonds. The average molecular weight is 279 g/mol. The first-order valence-electron chi connectivity index (χ1n) is 8.36. The van der Waals surface area contributed by atoms with Crippen LogP contribution < -0.4 is 0 Å². The number of fused-ring (bicyclic) bond motifs is 3. The summed E-state index contributed by atoms with van der Waals surface area (Å²) < 4.78 is 0. The maximum Gasteiger partial charge on any atom is 0.00122 e.